The lowest BCUT2D eigenvalue weighted by molar-refractivity contribution is -0.117. The zero-order valence-electron chi connectivity index (χ0n) is 19.3. The molecule has 3 rings (SSSR count). The maximum Gasteiger partial charge on any atom is 0.240 e. The highest BCUT2D eigenvalue weighted by Gasteiger charge is 2.11. The third kappa shape index (κ3) is 7.38. The molecule has 33 heavy (non-hydrogen) atoms. The number of amides is 1. The van der Waals surface area contributed by atoms with Crippen LogP contribution in [0.1, 0.15) is 17.5 Å². The molecule has 0 aliphatic rings. The molecule has 0 fully saturated rings. The highest BCUT2D eigenvalue weighted by molar-refractivity contribution is 7.90. The summed E-state index contributed by atoms with van der Waals surface area (Å²) in [6.45, 7) is 5.46. The van der Waals surface area contributed by atoms with Gasteiger partial charge in [-0.05, 0) is 62.7 Å². The van der Waals surface area contributed by atoms with E-state index in [2.05, 4.69) is 36.3 Å². The summed E-state index contributed by atoms with van der Waals surface area (Å²) >= 11 is 1.41. The third-order valence-electron chi connectivity index (χ3n) is 5.15. The van der Waals surface area contributed by atoms with Crippen molar-refractivity contribution in [3.63, 3.8) is 0 Å². The van der Waals surface area contributed by atoms with Crippen LogP contribution < -0.4 is 10.1 Å². The molecule has 1 amide bonds. The Labute approximate surface area is 199 Å². The van der Waals surface area contributed by atoms with Crippen molar-refractivity contribution in [3.05, 3.63) is 59.0 Å². The first kappa shape index (κ1) is 24.9. The van der Waals surface area contributed by atoms with E-state index in [0.717, 1.165) is 11.3 Å². The Morgan fingerprint density at radius 2 is 1.94 bits per heavy atom. The van der Waals surface area contributed by atoms with Gasteiger partial charge >= 0.3 is 0 Å². The van der Waals surface area contributed by atoms with E-state index in [4.69, 9.17) is 4.74 Å². The Kier molecular flexibility index (Phi) is 8.23. The number of aryl methyl sites for hydroxylation is 2. The second-order valence-corrected chi connectivity index (χ2v) is 10.9. The molecule has 1 N–H and O–H groups in total. The number of ether oxygens (including phenoxy) is 1. The number of carbonyl (C=O) groups is 1. The Bertz CT molecular complexity index is 1220. The van der Waals surface area contributed by atoms with E-state index in [9.17, 15) is 13.2 Å². The van der Waals surface area contributed by atoms with Crippen LogP contribution in [0, 0.1) is 13.8 Å². The van der Waals surface area contributed by atoms with Crippen LogP contribution in [0.4, 0.5) is 5.13 Å². The molecule has 7 nitrogen and oxygen atoms in total. The number of nitrogens with one attached hydrogen (secondary N) is 1. The van der Waals surface area contributed by atoms with Crippen molar-refractivity contribution in [2.24, 2.45) is 0 Å². The zero-order chi connectivity index (χ0) is 24.0. The zero-order valence-corrected chi connectivity index (χ0v) is 20.9. The summed E-state index contributed by atoms with van der Waals surface area (Å²) in [7, 11) is -1.40. The standard InChI is InChI=1S/C24H29N3O4S2/c1-17-9-10-19(13-18(17)2)22-16-32-24(25-22)26-23(28)15-27(3)11-6-12-31-20-7-5-8-21(14-20)33(4,29)30/h5,7-10,13-14,16H,6,11-12,15H2,1-4H3,(H,25,26,28). The minimum atomic E-state index is -3.26. The van der Waals surface area contributed by atoms with Crippen LogP contribution in [-0.4, -0.2) is 57.2 Å². The lowest BCUT2D eigenvalue weighted by atomic mass is 10.1. The van der Waals surface area contributed by atoms with E-state index in [0.29, 0.717) is 30.5 Å². The number of hydrogen-bond donors (Lipinski definition) is 1. The topological polar surface area (TPSA) is 88.6 Å². The van der Waals surface area contributed by atoms with Crippen LogP contribution in [0.3, 0.4) is 0 Å². The molecule has 1 heterocycles. The number of thiazole rings is 1. The average Bonchev–Trinajstić information content (AvgIpc) is 3.21. The van der Waals surface area contributed by atoms with Crippen LogP contribution in [0.15, 0.2) is 52.7 Å². The molecule has 0 bridgehead atoms. The molecular weight excluding hydrogens is 458 g/mol. The molecule has 0 saturated heterocycles. The Morgan fingerprint density at radius 1 is 1.15 bits per heavy atom. The van der Waals surface area contributed by atoms with Gasteiger partial charge in [-0.15, -0.1) is 11.3 Å². The van der Waals surface area contributed by atoms with Gasteiger partial charge in [0.25, 0.3) is 0 Å². The average molecular weight is 488 g/mol. The molecule has 3 aromatic rings. The van der Waals surface area contributed by atoms with Gasteiger partial charge in [0, 0.05) is 23.7 Å². The fourth-order valence-corrected chi connectivity index (χ4v) is 4.56. The molecule has 2 aromatic carbocycles. The maximum absolute atomic E-state index is 12.4. The minimum Gasteiger partial charge on any atom is -0.494 e. The summed E-state index contributed by atoms with van der Waals surface area (Å²) in [5.74, 6) is 0.391. The molecule has 0 aliphatic heterocycles. The lowest BCUT2D eigenvalue weighted by Gasteiger charge is -2.16. The predicted octanol–water partition coefficient (Wildman–Crippen LogP) is 4.17. The van der Waals surface area contributed by atoms with Gasteiger partial charge < -0.3 is 10.1 Å². The van der Waals surface area contributed by atoms with E-state index in [1.54, 1.807) is 18.2 Å². The van der Waals surface area contributed by atoms with E-state index in [1.165, 1.54) is 34.8 Å². The van der Waals surface area contributed by atoms with Crippen molar-refractivity contribution in [1.29, 1.82) is 0 Å². The summed E-state index contributed by atoms with van der Waals surface area (Å²) < 4.78 is 28.9. The number of sulfone groups is 1. The van der Waals surface area contributed by atoms with Crippen LogP contribution >= 0.6 is 11.3 Å². The van der Waals surface area contributed by atoms with Crippen LogP contribution in [0.2, 0.25) is 0 Å². The van der Waals surface area contributed by atoms with E-state index in [1.807, 2.05) is 23.4 Å². The molecule has 176 valence electrons. The highest BCUT2D eigenvalue weighted by atomic mass is 32.2. The molecule has 0 saturated carbocycles. The van der Waals surface area contributed by atoms with Crippen LogP contribution in [-0.2, 0) is 14.6 Å². The first-order valence-corrected chi connectivity index (χ1v) is 13.3. The summed E-state index contributed by atoms with van der Waals surface area (Å²) in [4.78, 5) is 19.1. The number of hydrogen-bond acceptors (Lipinski definition) is 7. The molecular formula is C24H29N3O4S2. The second kappa shape index (κ2) is 10.9. The fourth-order valence-electron chi connectivity index (χ4n) is 3.17. The van der Waals surface area contributed by atoms with Gasteiger partial charge in [-0.25, -0.2) is 13.4 Å². The summed E-state index contributed by atoms with van der Waals surface area (Å²) in [6.07, 6.45) is 1.86. The smallest absolute Gasteiger partial charge is 0.240 e. The monoisotopic (exact) mass is 487 g/mol. The molecule has 9 heteroatoms. The number of nitrogens with zero attached hydrogens (tertiary/aromatic N) is 2. The largest absolute Gasteiger partial charge is 0.494 e. The summed E-state index contributed by atoms with van der Waals surface area (Å²) in [6, 6.07) is 12.7. The number of likely N-dealkylation sites (N-methyl/N-ethyl adjacent to an activating group) is 1. The van der Waals surface area contributed by atoms with E-state index in [-0.39, 0.29) is 17.3 Å². The van der Waals surface area contributed by atoms with E-state index < -0.39 is 9.84 Å². The van der Waals surface area contributed by atoms with Gasteiger partial charge in [0.1, 0.15) is 5.75 Å². The van der Waals surface area contributed by atoms with Crippen molar-refractivity contribution in [3.8, 4) is 17.0 Å². The molecule has 0 radical (unpaired) electrons. The fraction of sp³-hybridized carbons (Fsp3) is 0.333. The highest BCUT2D eigenvalue weighted by Crippen LogP contribution is 2.26. The first-order valence-electron chi connectivity index (χ1n) is 10.6. The van der Waals surface area contributed by atoms with Gasteiger partial charge in [-0.1, -0.05) is 18.2 Å². The number of benzene rings is 2. The van der Waals surface area contributed by atoms with Gasteiger partial charge in [0.15, 0.2) is 15.0 Å². The van der Waals surface area contributed by atoms with Crippen molar-refractivity contribution in [2.75, 3.05) is 38.3 Å². The normalized spacial score (nSPS) is 11.5. The number of rotatable bonds is 10. The van der Waals surface area contributed by atoms with Gasteiger partial charge in [-0.3, -0.25) is 9.69 Å². The lowest BCUT2D eigenvalue weighted by Crippen LogP contribution is -2.31. The molecule has 0 atom stereocenters. The van der Waals surface area contributed by atoms with Crippen molar-refractivity contribution in [1.82, 2.24) is 9.88 Å². The number of carbonyl (C=O) groups excluding carboxylic acids is 1. The van der Waals surface area contributed by atoms with Crippen molar-refractivity contribution in [2.45, 2.75) is 25.2 Å². The summed E-state index contributed by atoms with van der Waals surface area (Å²) in [5, 5.41) is 5.39. The van der Waals surface area contributed by atoms with Crippen LogP contribution in [0.25, 0.3) is 11.3 Å². The molecule has 0 aliphatic carbocycles. The maximum atomic E-state index is 12.4. The molecule has 0 spiro atoms. The van der Waals surface area contributed by atoms with Gasteiger partial charge in [-0.2, -0.15) is 0 Å². The quantitative estimate of drug-likeness (QED) is 0.432. The SMILES string of the molecule is Cc1ccc(-c2csc(NC(=O)CN(C)CCCOc3cccc(S(C)(=O)=O)c3)n2)cc1C. The number of anilines is 1. The minimum absolute atomic E-state index is 0.125. The number of aromatic nitrogens is 1. The Morgan fingerprint density at radius 3 is 2.67 bits per heavy atom. The Hall–Kier alpha value is -2.75. The Balaban J connectivity index is 1.42. The van der Waals surface area contributed by atoms with E-state index >= 15 is 0 Å². The molecule has 1 aromatic heterocycles. The van der Waals surface area contributed by atoms with Crippen LogP contribution in [0.5, 0.6) is 5.75 Å². The predicted molar refractivity (Wildman–Crippen MR) is 133 cm³/mol. The van der Waals surface area contributed by atoms with Crippen molar-refractivity contribution >= 4 is 32.2 Å². The third-order valence-corrected chi connectivity index (χ3v) is 7.02. The summed E-state index contributed by atoms with van der Waals surface area (Å²) in [5.41, 5.74) is 4.33. The van der Waals surface area contributed by atoms with Crippen molar-refractivity contribution < 1.29 is 17.9 Å². The molecule has 0 unspecified atom stereocenters. The van der Waals surface area contributed by atoms with Gasteiger partial charge in [0.05, 0.1) is 23.7 Å². The first-order chi connectivity index (χ1) is 15.6. The van der Waals surface area contributed by atoms with Gasteiger partial charge in [0.2, 0.25) is 5.91 Å². The second-order valence-electron chi connectivity index (χ2n) is 8.07.